The smallest absolute Gasteiger partial charge is 0.416 e. The zero-order valence-electron chi connectivity index (χ0n) is 20.6. The molecular formula is C26H28F3N5O3. The number of ketones is 1. The summed E-state index contributed by atoms with van der Waals surface area (Å²) in [5.74, 6) is 0.471. The van der Waals surface area contributed by atoms with Gasteiger partial charge in [-0.2, -0.15) is 13.2 Å². The zero-order valence-corrected chi connectivity index (χ0v) is 20.6. The van der Waals surface area contributed by atoms with E-state index < -0.39 is 17.8 Å². The van der Waals surface area contributed by atoms with Crippen LogP contribution in [0.3, 0.4) is 0 Å². The van der Waals surface area contributed by atoms with Gasteiger partial charge in [0, 0.05) is 24.2 Å². The number of carbonyl (C=O) groups is 2. The monoisotopic (exact) mass is 515 g/mol. The Morgan fingerprint density at radius 2 is 1.95 bits per heavy atom. The SMILES string of the molecule is CCOC1=CC(c2ncc(NC(=O)Nc3ccc(CN4CCCC4)c(C(F)(F)F)c3)c(C)n2)=CCC1=O. The molecule has 2 aliphatic rings. The Labute approximate surface area is 212 Å². The molecule has 0 bridgehead atoms. The van der Waals surface area contributed by atoms with Crippen molar-refractivity contribution in [3.63, 3.8) is 0 Å². The number of benzene rings is 1. The molecular weight excluding hydrogens is 487 g/mol. The first-order valence-corrected chi connectivity index (χ1v) is 12.1. The lowest BCUT2D eigenvalue weighted by Crippen LogP contribution is -2.23. The molecule has 11 heteroatoms. The first-order valence-electron chi connectivity index (χ1n) is 12.1. The molecule has 1 fully saturated rings. The number of carbonyl (C=O) groups excluding carboxylic acids is 2. The number of halogens is 3. The average molecular weight is 516 g/mol. The number of Topliss-reactive ketones (excluding diaryl/α,β-unsaturated/α-hetero) is 1. The van der Waals surface area contributed by atoms with E-state index in [1.807, 2.05) is 4.90 Å². The Balaban J connectivity index is 1.45. The Hall–Kier alpha value is -3.73. The fraction of sp³-hybridized carbons (Fsp3) is 0.385. The van der Waals surface area contributed by atoms with Gasteiger partial charge in [-0.3, -0.25) is 9.69 Å². The summed E-state index contributed by atoms with van der Waals surface area (Å²) in [7, 11) is 0. The van der Waals surface area contributed by atoms with Gasteiger partial charge in [-0.1, -0.05) is 12.1 Å². The number of nitrogens with one attached hydrogen (secondary N) is 2. The number of allylic oxidation sites excluding steroid dienone is 4. The van der Waals surface area contributed by atoms with E-state index in [9.17, 15) is 22.8 Å². The average Bonchev–Trinajstić information content (AvgIpc) is 3.35. The number of ether oxygens (including phenoxy) is 1. The lowest BCUT2D eigenvalue weighted by Gasteiger charge is -2.20. The summed E-state index contributed by atoms with van der Waals surface area (Å²) in [5.41, 5.74) is 0.803. The first kappa shape index (κ1) is 26.3. The maximum Gasteiger partial charge on any atom is 0.416 e. The predicted molar refractivity (Wildman–Crippen MR) is 133 cm³/mol. The highest BCUT2D eigenvalue weighted by molar-refractivity contribution is 6.01. The highest BCUT2D eigenvalue weighted by Crippen LogP contribution is 2.35. The second-order valence-electron chi connectivity index (χ2n) is 8.85. The molecule has 2 aromatic rings. The Bertz CT molecular complexity index is 1250. The second kappa shape index (κ2) is 11.1. The van der Waals surface area contributed by atoms with E-state index >= 15 is 0 Å². The van der Waals surface area contributed by atoms with E-state index in [0.717, 1.165) is 32.0 Å². The summed E-state index contributed by atoms with van der Waals surface area (Å²) in [6, 6.07) is 3.11. The number of aromatic nitrogens is 2. The van der Waals surface area contributed by atoms with Gasteiger partial charge in [-0.15, -0.1) is 0 Å². The summed E-state index contributed by atoms with van der Waals surface area (Å²) in [4.78, 5) is 35.1. The van der Waals surface area contributed by atoms with Crippen molar-refractivity contribution in [1.29, 1.82) is 0 Å². The summed E-state index contributed by atoms with van der Waals surface area (Å²) < 4.78 is 46.5. The lowest BCUT2D eigenvalue weighted by atomic mass is 10.0. The van der Waals surface area contributed by atoms with Gasteiger partial charge in [0.1, 0.15) is 0 Å². The molecule has 2 amide bonds. The number of urea groups is 1. The minimum atomic E-state index is -4.54. The van der Waals surface area contributed by atoms with Crippen LogP contribution in [0, 0.1) is 6.92 Å². The van der Waals surface area contributed by atoms with Crippen LogP contribution in [0.25, 0.3) is 5.57 Å². The van der Waals surface area contributed by atoms with Gasteiger partial charge in [0.05, 0.1) is 29.7 Å². The van der Waals surface area contributed by atoms with Gasteiger partial charge in [-0.05, 0) is 63.6 Å². The highest BCUT2D eigenvalue weighted by atomic mass is 19.4. The summed E-state index contributed by atoms with van der Waals surface area (Å²) in [6.45, 7) is 5.57. The van der Waals surface area contributed by atoms with Crippen LogP contribution in [0.1, 0.15) is 48.8 Å². The van der Waals surface area contributed by atoms with Crippen molar-refractivity contribution in [1.82, 2.24) is 14.9 Å². The van der Waals surface area contributed by atoms with Gasteiger partial charge >= 0.3 is 12.2 Å². The number of hydrogen-bond acceptors (Lipinski definition) is 6. The molecule has 0 atom stereocenters. The lowest BCUT2D eigenvalue weighted by molar-refractivity contribution is -0.138. The molecule has 0 spiro atoms. The number of nitrogens with zero attached hydrogens (tertiary/aromatic N) is 3. The molecule has 0 saturated carbocycles. The third kappa shape index (κ3) is 6.53. The van der Waals surface area contributed by atoms with Crippen molar-refractivity contribution >= 4 is 28.8 Å². The normalized spacial score (nSPS) is 16.3. The molecule has 1 aliphatic heterocycles. The number of amides is 2. The number of anilines is 2. The van der Waals surface area contributed by atoms with Crippen LogP contribution in [-0.2, 0) is 22.3 Å². The second-order valence-corrected chi connectivity index (χ2v) is 8.85. The summed E-state index contributed by atoms with van der Waals surface area (Å²) >= 11 is 0. The Kier molecular flexibility index (Phi) is 7.91. The molecule has 1 aromatic carbocycles. The van der Waals surface area contributed by atoms with Crippen molar-refractivity contribution < 1.29 is 27.5 Å². The predicted octanol–water partition coefficient (Wildman–Crippen LogP) is 5.32. The Morgan fingerprint density at radius 3 is 2.62 bits per heavy atom. The van der Waals surface area contributed by atoms with Crippen LogP contribution in [-0.4, -0.2) is 46.4 Å². The van der Waals surface area contributed by atoms with E-state index in [2.05, 4.69) is 20.6 Å². The third-order valence-corrected chi connectivity index (χ3v) is 6.12. The number of aryl methyl sites for hydroxylation is 1. The topological polar surface area (TPSA) is 96.4 Å². The quantitative estimate of drug-likeness (QED) is 0.518. The van der Waals surface area contributed by atoms with Gasteiger partial charge in [-0.25, -0.2) is 14.8 Å². The van der Waals surface area contributed by atoms with E-state index in [1.54, 1.807) is 26.0 Å². The van der Waals surface area contributed by atoms with Crippen molar-refractivity contribution in [3.05, 3.63) is 65.0 Å². The molecule has 0 radical (unpaired) electrons. The number of likely N-dealkylation sites (tertiary alicyclic amines) is 1. The number of hydrogen-bond donors (Lipinski definition) is 2. The molecule has 37 heavy (non-hydrogen) atoms. The van der Waals surface area contributed by atoms with Gasteiger partial charge in [0.2, 0.25) is 5.78 Å². The van der Waals surface area contributed by atoms with Gasteiger partial charge in [0.15, 0.2) is 11.6 Å². The summed E-state index contributed by atoms with van der Waals surface area (Å²) in [5, 5.41) is 5.04. The molecule has 2 heterocycles. The maximum atomic E-state index is 13.7. The number of rotatable bonds is 7. The summed E-state index contributed by atoms with van der Waals surface area (Å²) in [6.07, 6.45) is 2.27. The molecule has 0 unspecified atom stereocenters. The minimum Gasteiger partial charge on any atom is -0.490 e. The Morgan fingerprint density at radius 1 is 1.19 bits per heavy atom. The van der Waals surface area contributed by atoms with Crippen molar-refractivity contribution in [3.8, 4) is 0 Å². The fourth-order valence-corrected chi connectivity index (χ4v) is 4.27. The maximum absolute atomic E-state index is 13.7. The first-order chi connectivity index (χ1) is 17.6. The largest absolute Gasteiger partial charge is 0.490 e. The molecule has 8 nitrogen and oxygen atoms in total. The van der Waals surface area contributed by atoms with Crippen LogP contribution in [0.5, 0.6) is 0 Å². The molecule has 1 saturated heterocycles. The minimum absolute atomic E-state index is 0.0239. The fourth-order valence-electron chi connectivity index (χ4n) is 4.27. The standard InChI is InChI=1S/C26H28F3N5O3/c1-3-37-23-12-17(7-9-22(23)35)24-30-14-21(16(2)31-24)33-25(36)32-19-8-6-18(15-34-10-4-5-11-34)20(13-19)26(27,28)29/h6-8,12-14H,3-5,9-11,15H2,1-2H3,(H2,32,33,36). The molecule has 2 N–H and O–H groups in total. The third-order valence-electron chi connectivity index (χ3n) is 6.12. The van der Waals surface area contributed by atoms with Crippen LogP contribution in [0.15, 0.2) is 42.3 Å². The van der Waals surface area contributed by atoms with Crippen molar-refractivity contribution in [2.45, 2.75) is 45.8 Å². The van der Waals surface area contributed by atoms with Crippen molar-refractivity contribution in [2.24, 2.45) is 0 Å². The highest BCUT2D eigenvalue weighted by Gasteiger charge is 2.34. The van der Waals surface area contributed by atoms with Crippen LogP contribution in [0.2, 0.25) is 0 Å². The molecule has 1 aromatic heterocycles. The van der Waals surface area contributed by atoms with E-state index in [-0.39, 0.29) is 35.8 Å². The van der Waals surface area contributed by atoms with Crippen LogP contribution < -0.4 is 10.6 Å². The molecule has 196 valence electrons. The van der Waals surface area contributed by atoms with Crippen molar-refractivity contribution in [2.75, 3.05) is 30.3 Å². The zero-order chi connectivity index (χ0) is 26.6. The van der Waals surface area contributed by atoms with E-state index in [1.165, 1.54) is 18.3 Å². The van der Waals surface area contributed by atoms with E-state index in [0.29, 0.717) is 29.4 Å². The number of alkyl halides is 3. The van der Waals surface area contributed by atoms with Gasteiger partial charge in [0.25, 0.3) is 0 Å². The molecule has 4 rings (SSSR count). The van der Waals surface area contributed by atoms with Crippen LogP contribution >= 0.6 is 0 Å². The van der Waals surface area contributed by atoms with Gasteiger partial charge < -0.3 is 15.4 Å². The van der Waals surface area contributed by atoms with Crippen LogP contribution in [0.4, 0.5) is 29.3 Å². The van der Waals surface area contributed by atoms with E-state index in [4.69, 9.17) is 4.74 Å². The molecule has 1 aliphatic carbocycles.